The Kier molecular flexibility index (Phi) is 3.89. The fourth-order valence-electron chi connectivity index (χ4n) is 4.07. The summed E-state index contributed by atoms with van der Waals surface area (Å²) in [5.74, 6) is 0.627. The summed E-state index contributed by atoms with van der Waals surface area (Å²) in [5.41, 5.74) is 0.293. The summed E-state index contributed by atoms with van der Waals surface area (Å²) in [6.07, 6.45) is 9.58. The van der Waals surface area contributed by atoms with Crippen LogP contribution in [0.3, 0.4) is 0 Å². The Bertz CT molecular complexity index is 290. The molecule has 1 aliphatic carbocycles. The van der Waals surface area contributed by atoms with E-state index in [1.54, 1.807) is 0 Å². The Hall–Kier alpha value is 0.210. The fraction of sp³-hybridized carbons (Fsp3) is 1.00. The van der Waals surface area contributed by atoms with E-state index in [9.17, 15) is 0 Å². The molecule has 0 aromatic carbocycles. The quantitative estimate of drug-likeness (QED) is 0.714. The maximum absolute atomic E-state index is 6.40. The van der Waals surface area contributed by atoms with Gasteiger partial charge < -0.3 is 9.64 Å². The van der Waals surface area contributed by atoms with E-state index >= 15 is 0 Å². The molecule has 3 unspecified atom stereocenters. The van der Waals surface area contributed by atoms with Crippen LogP contribution < -0.4 is 0 Å². The topological polar surface area (TPSA) is 12.5 Å². The van der Waals surface area contributed by atoms with Crippen LogP contribution in [0.4, 0.5) is 0 Å². The second kappa shape index (κ2) is 5.30. The van der Waals surface area contributed by atoms with E-state index in [2.05, 4.69) is 11.8 Å². The standard InChI is InChI=1S/C15H26ClNO/c1-12-10-17(9-5-14(12)16)11-13-4-8-15(18-13)6-2-3-7-15/h12-14H,2-11H2,1H3. The zero-order chi connectivity index (χ0) is 12.6. The lowest BCUT2D eigenvalue weighted by Gasteiger charge is -2.35. The summed E-state index contributed by atoms with van der Waals surface area (Å²) < 4.78 is 6.40. The second-order valence-corrected chi connectivity index (χ2v) is 7.27. The number of hydrogen-bond acceptors (Lipinski definition) is 2. The van der Waals surface area contributed by atoms with Gasteiger partial charge in [-0.2, -0.15) is 0 Å². The molecule has 3 aliphatic rings. The smallest absolute Gasteiger partial charge is 0.0710 e. The van der Waals surface area contributed by atoms with Crippen LogP contribution in [0.15, 0.2) is 0 Å². The third-order valence-corrected chi connectivity index (χ3v) is 5.85. The Morgan fingerprint density at radius 3 is 2.72 bits per heavy atom. The molecule has 2 saturated heterocycles. The van der Waals surface area contributed by atoms with Crippen molar-refractivity contribution in [2.75, 3.05) is 19.6 Å². The lowest BCUT2D eigenvalue weighted by molar-refractivity contribution is -0.0501. The van der Waals surface area contributed by atoms with Gasteiger partial charge in [0, 0.05) is 18.5 Å². The molecule has 0 N–H and O–H groups in total. The van der Waals surface area contributed by atoms with E-state index in [0.717, 1.165) is 26.1 Å². The van der Waals surface area contributed by atoms with Crippen molar-refractivity contribution in [1.29, 1.82) is 0 Å². The molecule has 0 amide bonds. The molecule has 2 heterocycles. The molecule has 3 heteroatoms. The van der Waals surface area contributed by atoms with Gasteiger partial charge >= 0.3 is 0 Å². The van der Waals surface area contributed by atoms with Crippen LogP contribution in [-0.2, 0) is 4.74 Å². The van der Waals surface area contributed by atoms with Gasteiger partial charge in [-0.05, 0) is 44.6 Å². The van der Waals surface area contributed by atoms with Crippen LogP contribution in [0.1, 0.15) is 51.9 Å². The number of alkyl halides is 1. The van der Waals surface area contributed by atoms with Gasteiger partial charge in [0.05, 0.1) is 11.7 Å². The number of nitrogens with zero attached hydrogens (tertiary/aromatic N) is 1. The summed E-state index contributed by atoms with van der Waals surface area (Å²) >= 11 is 6.29. The number of hydrogen-bond donors (Lipinski definition) is 0. The van der Waals surface area contributed by atoms with Gasteiger partial charge in [0.15, 0.2) is 0 Å². The second-order valence-electron chi connectivity index (χ2n) is 6.71. The van der Waals surface area contributed by atoms with Crippen molar-refractivity contribution in [2.24, 2.45) is 5.92 Å². The van der Waals surface area contributed by atoms with Crippen molar-refractivity contribution in [3.63, 3.8) is 0 Å². The molecule has 2 aliphatic heterocycles. The molecule has 3 rings (SSSR count). The first kappa shape index (κ1) is 13.2. The van der Waals surface area contributed by atoms with Gasteiger partial charge in [-0.25, -0.2) is 0 Å². The number of likely N-dealkylation sites (tertiary alicyclic amines) is 1. The van der Waals surface area contributed by atoms with E-state index in [1.165, 1.54) is 38.5 Å². The molecule has 1 spiro atoms. The van der Waals surface area contributed by atoms with Gasteiger partial charge in [0.1, 0.15) is 0 Å². The van der Waals surface area contributed by atoms with E-state index in [1.807, 2.05) is 0 Å². The SMILES string of the molecule is CC1CN(CC2CCC3(CCCC3)O2)CCC1Cl. The fourth-order valence-corrected chi connectivity index (χ4v) is 4.25. The lowest BCUT2D eigenvalue weighted by Crippen LogP contribution is -2.43. The molecule has 1 saturated carbocycles. The van der Waals surface area contributed by atoms with Crippen LogP contribution in [-0.4, -0.2) is 41.6 Å². The molecule has 3 fully saturated rings. The molecule has 0 bridgehead atoms. The molecule has 3 atom stereocenters. The van der Waals surface area contributed by atoms with Crippen molar-refractivity contribution in [1.82, 2.24) is 4.90 Å². The van der Waals surface area contributed by atoms with Crippen LogP contribution in [0.2, 0.25) is 0 Å². The van der Waals surface area contributed by atoms with Crippen LogP contribution in [0, 0.1) is 5.92 Å². The minimum atomic E-state index is 0.293. The summed E-state index contributed by atoms with van der Waals surface area (Å²) in [6.45, 7) is 5.72. The molecule has 0 aromatic heterocycles. The normalized spacial score (nSPS) is 40.7. The minimum absolute atomic E-state index is 0.293. The largest absolute Gasteiger partial charge is 0.370 e. The summed E-state index contributed by atoms with van der Waals surface area (Å²) in [5, 5.41) is 0.381. The highest BCUT2D eigenvalue weighted by Crippen LogP contribution is 2.43. The van der Waals surface area contributed by atoms with Crippen molar-refractivity contribution in [3.05, 3.63) is 0 Å². The summed E-state index contributed by atoms with van der Waals surface area (Å²) in [4.78, 5) is 2.57. The molecule has 0 aromatic rings. The van der Waals surface area contributed by atoms with Gasteiger partial charge in [-0.1, -0.05) is 19.8 Å². The van der Waals surface area contributed by atoms with Crippen molar-refractivity contribution < 1.29 is 4.74 Å². The molecule has 2 nitrogen and oxygen atoms in total. The molecule has 0 radical (unpaired) electrons. The highest BCUT2D eigenvalue weighted by Gasteiger charge is 2.42. The maximum Gasteiger partial charge on any atom is 0.0710 e. The highest BCUT2D eigenvalue weighted by molar-refractivity contribution is 6.20. The van der Waals surface area contributed by atoms with Crippen molar-refractivity contribution in [3.8, 4) is 0 Å². The predicted molar refractivity (Wildman–Crippen MR) is 75.2 cm³/mol. The Morgan fingerprint density at radius 2 is 2.00 bits per heavy atom. The lowest BCUT2D eigenvalue weighted by atomic mass is 9.97. The summed E-state index contributed by atoms with van der Waals surface area (Å²) in [6, 6.07) is 0. The first-order valence-electron chi connectivity index (χ1n) is 7.71. The van der Waals surface area contributed by atoms with Crippen LogP contribution >= 0.6 is 11.6 Å². The van der Waals surface area contributed by atoms with Crippen LogP contribution in [0.5, 0.6) is 0 Å². The van der Waals surface area contributed by atoms with E-state index in [0.29, 0.717) is 23.0 Å². The molecule has 104 valence electrons. The van der Waals surface area contributed by atoms with Gasteiger partial charge in [0.25, 0.3) is 0 Å². The zero-order valence-electron chi connectivity index (χ0n) is 11.5. The molecular weight excluding hydrogens is 246 g/mol. The number of rotatable bonds is 2. The number of halogens is 1. The minimum Gasteiger partial charge on any atom is -0.370 e. The zero-order valence-corrected chi connectivity index (χ0v) is 12.3. The molecule has 18 heavy (non-hydrogen) atoms. The summed E-state index contributed by atoms with van der Waals surface area (Å²) in [7, 11) is 0. The Balaban J connectivity index is 1.49. The number of piperidine rings is 1. The van der Waals surface area contributed by atoms with E-state index in [4.69, 9.17) is 16.3 Å². The Morgan fingerprint density at radius 1 is 1.22 bits per heavy atom. The maximum atomic E-state index is 6.40. The third-order valence-electron chi connectivity index (χ3n) is 5.20. The van der Waals surface area contributed by atoms with E-state index in [-0.39, 0.29) is 0 Å². The monoisotopic (exact) mass is 271 g/mol. The average Bonchev–Trinajstić information content (AvgIpc) is 2.96. The van der Waals surface area contributed by atoms with Crippen molar-refractivity contribution in [2.45, 2.75) is 69.0 Å². The highest BCUT2D eigenvalue weighted by atomic mass is 35.5. The first-order chi connectivity index (χ1) is 8.67. The van der Waals surface area contributed by atoms with Gasteiger partial charge in [-0.15, -0.1) is 11.6 Å². The van der Waals surface area contributed by atoms with Crippen molar-refractivity contribution >= 4 is 11.6 Å². The number of ether oxygens (including phenoxy) is 1. The predicted octanol–water partition coefficient (Wildman–Crippen LogP) is 3.43. The van der Waals surface area contributed by atoms with Gasteiger partial charge in [0.2, 0.25) is 0 Å². The third kappa shape index (κ3) is 2.71. The average molecular weight is 272 g/mol. The van der Waals surface area contributed by atoms with Gasteiger partial charge in [-0.3, -0.25) is 0 Å². The van der Waals surface area contributed by atoms with Crippen LogP contribution in [0.25, 0.3) is 0 Å². The first-order valence-corrected chi connectivity index (χ1v) is 8.15. The molecular formula is C15H26ClNO. The Labute approximate surface area is 116 Å². The van der Waals surface area contributed by atoms with E-state index < -0.39 is 0 Å².